The van der Waals surface area contributed by atoms with Crippen LogP contribution in [-0.2, 0) is 4.79 Å². The minimum absolute atomic E-state index is 0.100. The lowest BCUT2D eigenvalue weighted by Gasteiger charge is -2.35. The molecule has 1 amide bonds. The van der Waals surface area contributed by atoms with Crippen LogP contribution in [0.1, 0.15) is 25.3 Å². The third-order valence-corrected chi connectivity index (χ3v) is 6.74. The Balaban J connectivity index is 1.89. The summed E-state index contributed by atoms with van der Waals surface area (Å²) in [5, 5.41) is 1.11. The summed E-state index contributed by atoms with van der Waals surface area (Å²) in [6.45, 7) is 9.84. The van der Waals surface area contributed by atoms with Gasteiger partial charge in [-0.2, -0.15) is 4.98 Å². The Bertz CT molecular complexity index is 1270. The largest absolute Gasteiger partial charge is 0.355 e. The highest BCUT2D eigenvalue weighted by Crippen LogP contribution is 2.32. The number of benzene rings is 1. The van der Waals surface area contributed by atoms with Crippen LogP contribution in [0.5, 0.6) is 0 Å². The first-order valence-electron chi connectivity index (χ1n) is 10.4. The summed E-state index contributed by atoms with van der Waals surface area (Å²) < 4.78 is 2.01. The molecule has 0 N–H and O–H groups in total. The Labute approximate surface area is 199 Å². The van der Waals surface area contributed by atoms with E-state index in [1.54, 1.807) is 15.5 Å². The number of hydrogen-bond donors (Lipinski definition) is 0. The summed E-state index contributed by atoms with van der Waals surface area (Å²) >= 11 is 9.80. The molecule has 3 aromatic rings. The number of halogens is 2. The maximum absolute atomic E-state index is 13.3. The van der Waals surface area contributed by atoms with Crippen molar-refractivity contribution in [2.45, 2.75) is 19.8 Å². The van der Waals surface area contributed by atoms with Gasteiger partial charge >= 0.3 is 5.69 Å². The van der Waals surface area contributed by atoms with Crippen LogP contribution < -0.4 is 10.6 Å². The van der Waals surface area contributed by atoms with Crippen molar-refractivity contribution in [3.63, 3.8) is 0 Å². The van der Waals surface area contributed by atoms with Crippen molar-refractivity contribution < 1.29 is 4.79 Å². The standard InChI is InChI=1S/C23H23BrClN5O2/c1-4-19(31)28-9-11-29(12-10-28)21-16-13-17(25)20(24)26-22(16)30(23(32)27-21)18-8-6-5-7-15(18)14(2)3/h4-8,13-14H,1,9-12H2,2-3H3. The summed E-state index contributed by atoms with van der Waals surface area (Å²) in [6.07, 6.45) is 1.32. The molecule has 1 fully saturated rings. The monoisotopic (exact) mass is 515 g/mol. The minimum atomic E-state index is -0.410. The van der Waals surface area contributed by atoms with Crippen LogP contribution in [0, 0.1) is 0 Å². The summed E-state index contributed by atoms with van der Waals surface area (Å²) in [6, 6.07) is 9.55. The molecule has 4 rings (SSSR count). The second-order valence-corrected chi connectivity index (χ2v) is 9.07. The fourth-order valence-electron chi connectivity index (χ4n) is 3.99. The van der Waals surface area contributed by atoms with E-state index in [0.29, 0.717) is 52.7 Å². The first kappa shape index (κ1) is 22.5. The van der Waals surface area contributed by atoms with Crippen LogP contribution in [-0.4, -0.2) is 51.5 Å². The Morgan fingerprint density at radius 3 is 2.53 bits per heavy atom. The SMILES string of the molecule is C=CC(=O)N1CCN(c2nc(=O)n(-c3ccccc3C(C)C)c3nc(Br)c(Cl)cc23)CC1. The molecule has 0 aliphatic carbocycles. The molecule has 0 saturated carbocycles. The molecule has 1 aliphatic heterocycles. The highest BCUT2D eigenvalue weighted by atomic mass is 79.9. The van der Waals surface area contributed by atoms with Crippen molar-refractivity contribution in [3.05, 3.63) is 68.7 Å². The van der Waals surface area contributed by atoms with E-state index in [2.05, 4.69) is 46.3 Å². The van der Waals surface area contributed by atoms with Gasteiger partial charge in [0, 0.05) is 26.2 Å². The quantitative estimate of drug-likeness (QED) is 0.385. The topological polar surface area (TPSA) is 71.3 Å². The van der Waals surface area contributed by atoms with Gasteiger partial charge in [0.1, 0.15) is 10.4 Å². The van der Waals surface area contributed by atoms with Crippen LogP contribution in [0.4, 0.5) is 5.82 Å². The van der Waals surface area contributed by atoms with Gasteiger partial charge in [0.2, 0.25) is 5.91 Å². The number of carbonyl (C=O) groups is 1. The zero-order valence-corrected chi connectivity index (χ0v) is 20.2. The zero-order chi connectivity index (χ0) is 23.0. The van der Waals surface area contributed by atoms with E-state index in [1.165, 1.54) is 6.08 Å². The molecule has 1 saturated heterocycles. The van der Waals surface area contributed by atoms with Gasteiger partial charge in [0.25, 0.3) is 0 Å². The first-order chi connectivity index (χ1) is 15.3. The molecule has 166 valence electrons. The number of piperazine rings is 1. The second-order valence-electron chi connectivity index (χ2n) is 7.92. The van der Waals surface area contributed by atoms with E-state index in [-0.39, 0.29) is 11.8 Å². The van der Waals surface area contributed by atoms with Gasteiger partial charge in [-0.15, -0.1) is 0 Å². The third kappa shape index (κ3) is 4.04. The number of fused-ring (bicyclic) bond motifs is 1. The lowest BCUT2D eigenvalue weighted by atomic mass is 10.0. The summed E-state index contributed by atoms with van der Waals surface area (Å²) in [7, 11) is 0. The van der Waals surface area contributed by atoms with E-state index >= 15 is 0 Å². The van der Waals surface area contributed by atoms with Gasteiger partial charge in [0.05, 0.1) is 16.1 Å². The third-order valence-electron chi connectivity index (χ3n) is 5.62. The predicted molar refractivity (Wildman–Crippen MR) is 131 cm³/mol. The molecular weight excluding hydrogens is 494 g/mol. The second kappa shape index (κ2) is 9.03. The smallest absolute Gasteiger partial charge is 0.352 e. The Morgan fingerprint density at radius 2 is 1.88 bits per heavy atom. The van der Waals surface area contributed by atoms with Crippen molar-refractivity contribution in [3.8, 4) is 5.69 Å². The van der Waals surface area contributed by atoms with Crippen LogP contribution in [0.25, 0.3) is 16.7 Å². The van der Waals surface area contributed by atoms with E-state index < -0.39 is 5.69 Å². The number of nitrogens with zero attached hydrogens (tertiary/aromatic N) is 5. The van der Waals surface area contributed by atoms with Crippen molar-refractivity contribution >= 4 is 50.3 Å². The van der Waals surface area contributed by atoms with Gasteiger partial charge in [-0.25, -0.2) is 14.3 Å². The number of aromatic nitrogens is 3. The number of pyridine rings is 1. The van der Waals surface area contributed by atoms with Crippen molar-refractivity contribution in [2.24, 2.45) is 0 Å². The Hall–Kier alpha value is -2.71. The lowest BCUT2D eigenvalue weighted by molar-refractivity contribution is -0.126. The predicted octanol–water partition coefficient (Wildman–Crippen LogP) is 4.15. The molecule has 1 aromatic carbocycles. The average Bonchev–Trinajstić information content (AvgIpc) is 2.79. The molecule has 0 atom stereocenters. The van der Waals surface area contributed by atoms with Gasteiger partial charge < -0.3 is 9.80 Å². The maximum Gasteiger partial charge on any atom is 0.355 e. The molecular formula is C23H23BrClN5O2. The molecule has 1 aliphatic rings. The van der Waals surface area contributed by atoms with Crippen LogP contribution in [0.3, 0.4) is 0 Å². The van der Waals surface area contributed by atoms with E-state index in [4.69, 9.17) is 11.6 Å². The van der Waals surface area contributed by atoms with Crippen LogP contribution in [0.2, 0.25) is 5.02 Å². The van der Waals surface area contributed by atoms with Gasteiger partial charge in [-0.05, 0) is 45.6 Å². The molecule has 7 nitrogen and oxygen atoms in total. The Kier molecular flexibility index (Phi) is 6.35. The van der Waals surface area contributed by atoms with E-state index in [0.717, 1.165) is 11.3 Å². The number of amides is 1. The molecule has 0 bridgehead atoms. The molecule has 0 unspecified atom stereocenters. The zero-order valence-electron chi connectivity index (χ0n) is 17.9. The summed E-state index contributed by atoms with van der Waals surface area (Å²) in [5.41, 5.74) is 1.84. The van der Waals surface area contributed by atoms with Gasteiger partial charge in [-0.3, -0.25) is 4.79 Å². The van der Waals surface area contributed by atoms with E-state index in [1.807, 2.05) is 29.2 Å². The van der Waals surface area contributed by atoms with E-state index in [9.17, 15) is 9.59 Å². The normalized spacial score (nSPS) is 14.3. The van der Waals surface area contributed by atoms with Crippen molar-refractivity contribution in [2.75, 3.05) is 31.1 Å². The average molecular weight is 517 g/mol. The fraction of sp³-hybridized carbons (Fsp3) is 0.304. The molecule has 0 radical (unpaired) electrons. The molecule has 9 heteroatoms. The van der Waals surface area contributed by atoms with Crippen LogP contribution in [0.15, 0.2) is 52.4 Å². The number of anilines is 1. The molecule has 32 heavy (non-hydrogen) atoms. The van der Waals surface area contributed by atoms with Gasteiger partial charge in [0.15, 0.2) is 5.65 Å². The fourth-order valence-corrected chi connectivity index (χ4v) is 4.42. The lowest BCUT2D eigenvalue weighted by Crippen LogP contribution is -2.49. The number of para-hydroxylation sites is 1. The van der Waals surface area contributed by atoms with Gasteiger partial charge in [-0.1, -0.05) is 50.2 Å². The number of hydrogen-bond acceptors (Lipinski definition) is 5. The van der Waals surface area contributed by atoms with Crippen molar-refractivity contribution in [1.82, 2.24) is 19.4 Å². The van der Waals surface area contributed by atoms with Crippen LogP contribution >= 0.6 is 27.5 Å². The maximum atomic E-state index is 13.3. The molecule has 3 heterocycles. The summed E-state index contributed by atoms with van der Waals surface area (Å²) in [5.74, 6) is 0.631. The molecule has 2 aromatic heterocycles. The highest BCUT2D eigenvalue weighted by Gasteiger charge is 2.25. The molecule has 0 spiro atoms. The Morgan fingerprint density at radius 1 is 1.19 bits per heavy atom. The summed E-state index contributed by atoms with van der Waals surface area (Å²) in [4.78, 5) is 38.1. The van der Waals surface area contributed by atoms with Crippen molar-refractivity contribution in [1.29, 1.82) is 0 Å². The number of carbonyl (C=O) groups excluding carboxylic acids is 1. The number of rotatable bonds is 4. The first-order valence-corrected chi connectivity index (χ1v) is 11.5. The highest BCUT2D eigenvalue weighted by molar-refractivity contribution is 9.10. The minimum Gasteiger partial charge on any atom is -0.352 e.